The summed E-state index contributed by atoms with van der Waals surface area (Å²) >= 11 is 0. The maximum Gasteiger partial charge on any atom is 0.311 e. The zero-order valence-corrected chi connectivity index (χ0v) is 19.5. The molecule has 1 unspecified atom stereocenters. The number of carbonyl (C=O) groups is 4. The number of esters is 1. The number of hydrogen-bond acceptors (Lipinski definition) is 6. The largest absolute Gasteiger partial charge is 0.494 e. The molecule has 0 radical (unpaired) electrons. The van der Waals surface area contributed by atoms with E-state index >= 15 is 0 Å². The molecule has 0 spiro atoms. The van der Waals surface area contributed by atoms with E-state index in [-0.39, 0.29) is 24.3 Å². The van der Waals surface area contributed by atoms with Gasteiger partial charge in [-0.25, -0.2) is 0 Å². The minimum atomic E-state index is -0.562. The first kappa shape index (κ1) is 24.8. The number of benzene rings is 2. The summed E-state index contributed by atoms with van der Waals surface area (Å²) in [6.45, 7) is 6.08. The molecule has 3 rings (SSSR count). The van der Waals surface area contributed by atoms with Gasteiger partial charge in [-0.2, -0.15) is 0 Å². The molecule has 9 heteroatoms. The van der Waals surface area contributed by atoms with Crippen molar-refractivity contribution in [1.29, 1.82) is 0 Å². The summed E-state index contributed by atoms with van der Waals surface area (Å²) in [4.78, 5) is 50.3. The summed E-state index contributed by atoms with van der Waals surface area (Å²) in [6.07, 6.45) is 0.0961. The molecule has 2 aromatic rings. The number of amides is 3. The highest BCUT2D eigenvalue weighted by Crippen LogP contribution is 2.21. The first-order valence-corrected chi connectivity index (χ1v) is 11.2. The number of nitrogens with zero attached hydrogens (tertiary/aromatic N) is 1. The topological polar surface area (TPSA) is 114 Å². The standard InChI is InChI=1S/C25H29N3O6/c1-4-33-21-11-9-20(10-12-21)27-24(31)17-5-7-19(8-6-17)26-22(29)15-34-25(32)18-13-23(30)28(14-18)16(2)3/h5-12,16,18H,4,13-15H2,1-3H3,(H,26,29)(H,27,31). The second kappa shape index (κ2) is 11.3. The minimum Gasteiger partial charge on any atom is -0.494 e. The summed E-state index contributed by atoms with van der Waals surface area (Å²) in [5, 5.41) is 5.41. The molecule has 0 saturated carbocycles. The molecule has 1 aliphatic rings. The van der Waals surface area contributed by atoms with Crippen LogP contribution in [0.2, 0.25) is 0 Å². The van der Waals surface area contributed by atoms with Crippen LogP contribution >= 0.6 is 0 Å². The number of hydrogen-bond donors (Lipinski definition) is 2. The molecule has 1 fully saturated rings. The van der Waals surface area contributed by atoms with Crippen molar-refractivity contribution in [3.8, 4) is 5.75 Å². The van der Waals surface area contributed by atoms with E-state index in [0.717, 1.165) is 5.75 Å². The quantitative estimate of drug-likeness (QED) is 0.548. The van der Waals surface area contributed by atoms with E-state index in [4.69, 9.17) is 9.47 Å². The van der Waals surface area contributed by atoms with Crippen molar-refractivity contribution in [2.45, 2.75) is 33.2 Å². The Morgan fingerprint density at radius 3 is 2.21 bits per heavy atom. The van der Waals surface area contributed by atoms with Gasteiger partial charge in [-0.15, -0.1) is 0 Å². The summed E-state index contributed by atoms with van der Waals surface area (Å²) in [5.74, 6) is -1.29. The highest BCUT2D eigenvalue weighted by Gasteiger charge is 2.36. The molecule has 0 aromatic heterocycles. The molecule has 9 nitrogen and oxygen atoms in total. The molecule has 3 amide bonds. The van der Waals surface area contributed by atoms with Crippen LogP contribution in [0.5, 0.6) is 5.75 Å². The van der Waals surface area contributed by atoms with Crippen molar-refractivity contribution in [3.63, 3.8) is 0 Å². The monoisotopic (exact) mass is 467 g/mol. The number of likely N-dealkylation sites (tertiary alicyclic amines) is 1. The average molecular weight is 468 g/mol. The van der Waals surface area contributed by atoms with Crippen molar-refractivity contribution in [2.75, 3.05) is 30.4 Å². The summed E-state index contributed by atoms with van der Waals surface area (Å²) in [7, 11) is 0. The van der Waals surface area contributed by atoms with Crippen molar-refractivity contribution < 1.29 is 28.7 Å². The molecule has 0 aliphatic carbocycles. The highest BCUT2D eigenvalue weighted by molar-refractivity contribution is 6.04. The number of ether oxygens (including phenoxy) is 2. The van der Waals surface area contributed by atoms with Crippen molar-refractivity contribution in [3.05, 3.63) is 54.1 Å². The lowest BCUT2D eigenvalue weighted by Crippen LogP contribution is -2.33. The third-order valence-corrected chi connectivity index (χ3v) is 5.31. The van der Waals surface area contributed by atoms with Crippen LogP contribution in [0.1, 0.15) is 37.6 Å². The van der Waals surface area contributed by atoms with Gasteiger partial charge in [-0.05, 0) is 69.3 Å². The first-order valence-electron chi connectivity index (χ1n) is 11.2. The predicted molar refractivity (Wildman–Crippen MR) is 127 cm³/mol. The lowest BCUT2D eigenvalue weighted by atomic mass is 10.1. The van der Waals surface area contributed by atoms with Gasteiger partial charge in [0.15, 0.2) is 6.61 Å². The van der Waals surface area contributed by atoms with Gasteiger partial charge in [0.2, 0.25) is 5.91 Å². The Labute approximate surface area is 198 Å². The fourth-order valence-electron chi connectivity index (χ4n) is 3.55. The lowest BCUT2D eigenvalue weighted by molar-refractivity contribution is -0.151. The van der Waals surface area contributed by atoms with Gasteiger partial charge in [-0.1, -0.05) is 0 Å². The van der Waals surface area contributed by atoms with Crippen molar-refractivity contribution in [1.82, 2.24) is 4.90 Å². The Bertz CT molecular complexity index is 1030. The van der Waals surface area contributed by atoms with Crippen LogP contribution in [0, 0.1) is 5.92 Å². The molecule has 34 heavy (non-hydrogen) atoms. The normalized spacial score (nSPS) is 15.2. The van der Waals surface area contributed by atoms with Gasteiger partial charge in [-0.3, -0.25) is 19.2 Å². The molecule has 1 heterocycles. The summed E-state index contributed by atoms with van der Waals surface area (Å²) in [6, 6.07) is 13.4. The summed E-state index contributed by atoms with van der Waals surface area (Å²) < 4.78 is 10.5. The predicted octanol–water partition coefficient (Wildman–Crippen LogP) is 3.08. The van der Waals surface area contributed by atoms with Crippen LogP contribution in [-0.2, 0) is 19.1 Å². The SMILES string of the molecule is CCOc1ccc(NC(=O)c2ccc(NC(=O)COC(=O)C3CC(=O)N(C(C)C)C3)cc2)cc1. The van der Waals surface area contributed by atoms with Crippen LogP contribution in [-0.4, -0.2) is 54.4 Å². The second-order valence-corrected chi connectivity index (χ2v) is 8.19. The Kier molecular flexibility index (Phi) is 8.24. The van der Waals surface area contributed by atoms with Crippen LogP contribution in [0.15, 0.2) is 48.5 Å². The van der Waals surface area contributed by atoms with Gasteiger partial charge in [0.1, 0.15) is 5.75 Å². The van der Waals surface area contributed by atoms with Crippen LogP contribution in [0.4, 0.5) is 11.4 Å². The fourth-order valence-corrected chi connectivity index (χ4v) is 3.55. The van der Waals surface area contributed by atoms with E-state index in [9.17, 15) is 19.2 Å². The van der Waals surface area contributed by atoms with E-state index < -0.39 is 24.4 Å². The van der Waals surface area contributed by atoms with Crippen molar-refractivity contribution >= 4 is 35.1 Å². The van der Waals surface area contributed by atoms with E-state index in [1.807, 2.05) is 20.8 Å². The Balaban J connectivity index is 1.45. The molecule has 180 valence electrons. The summed E-state index contributed by atoms with van der Waals surface area (Å²) in [5.41, 5.74) is 1.51. The van der Waals surface area contributed by atoms with Crippen LogP contribution < -0.4 is 15.4 Å². The lowest BCUT2D eigenvalue weighted by Gasteiger charge is -2.20. The molecule has 0 bridgehead atoms. The first-order chi connectivity index (χ1) is 16.3. The van der Waals surface area contributed by atoms with Crippen LogP contribution in [0.3, 0.4) is 0 Å². The molecular formula is C25H29N3O6. The molecule has 2 aromatic carbocycles. The number of rotatable bonds is 9. The van der Waals surface area contributed by atoms with Crippen LogP contribution in [0.25, 0.3) is 0 Å². The third kappa shape index (κ3) is 6.57. The van der Waals surface area contributed by atoms with E-state index in [1.54, 1.807) is 53.4 Å². The van der Waals surface area contributed by atoms with Crippen molar-refractivity contribution in [2.24, 2.45) is 5.92 Å². The van der Waals surface area contributed by atoms with E-state index in [0.29, 0.717) is 30.1 Å². The van der Waals surface area contributed by atoms with Gasteiger partial charge >= 0.3 is 5.97 Å². The van der Waals surface area contributed by atoms with E-state index in [1.165, 1.54) is 0 Å². The van der Waals surface area contributed by atoms with Gasteiger partial charge in [0.05, 0.1) is 12.5 Å². The number of nitrogens with one attached hydrogen (secondary N) is 2. The third-order valence-electron chi connectivity index (χ3n) is 5.31. The molecule has 1 atom stereocenters. The molecule has 2 N–H and O–H groups in total. The number of carbonyl (C=O) groups excluding carboxylic acids is 4. The van der Waals surface area contributed by atoms with E-state index in [2.05, 4.69) is 10.6 Å². The van der Waals surface area contributed by atoms with Gasteiger partial charge < -0.3 is 25.0 Å². The zero-order valence-electron chi connectivity index (χ0n) is 19.5. The fraction of sp³-hybridized carbons (Fsp3) is 0.360. The number of anilines is 2. The molecule has 1 aliphatic heterocycles. The maximum absolute atomic E-state index is 12.4. The minimum absolute atomic E-state index is 0.0135. The Morgan fingerprint density at radius 2 is 1.62 bits per heavy atom. The maximum atomic E-state index is 12.4. The Morgan fingerprint density at radius 1 is 1.00 bits per heavy atom. The smallest absolute Gasteiger partial charge is 0.311 e. The highest BCUT2D eigenvalue weighted by atomic mass is 16.5. The van der Waals surface area contributed by atoms with Gasteiger partial charge in [0, 0.05) is 35.9 Å². The Hall–Kier alpha value is -3.88. The second-order valence-electron chi connectivity index (χ2n) is 8.19. The molecular weight excluding hydrogens is 438 g/mol. The molecule has 1 saturated heterocycles. The van der Waals surface area contributed by atoms with Gasteiger partial charge in [0.25, 0.3) is 11.8 Å². The zero-order chi connectivity index (χ0) is 24.7. The average Bonchev–Trinajstić information content (AvgIpc) is 3.21.